The molecular weight excluding hydrogens is 266 g/mol. The fourth-order valence-electron chi connectivity index (χ4n) is 1.74. The Hall–Kier alpha value is -2.14. The van der Waals surface area contributed by atoms with E-state index < -0.39 is 0 Å². The smallest absolute Gasteiger partial charge is 0.321 e. The Morgan fingerprint density at radius 1 is 1.05 bits per heavy atom. The number of nitrogens with one attached hydrogen (secondary N) is 1. The van der Waals surface area contributed by atoms with E-state index in [1.54, 1.807) is 19.5 Å². The maximum absolute atomic E-state index is 5.58. The maximum Gasteiger partial charge on any atom is 0.321 e. The van der Waals surface area contributed by atoms with E-state index in [4.69, 9.17) is 9.47 Å². The van der Waals surface area contributed by atoms with Crippen LogP contribution < -0.4 is 14.8 Å². The topological polar surface area (TPSA) is 56.3 Å². The summed E-state index contributed by atoms with van der Waals surface area (Å²) in [5, 5.41) is 3.35. The average molecular weight is 287 g/mol. The third-order valence-electron chi connectivity index (χ3n) is 2.83. The number of nitrogens with zero attached hydrogens (tertiary/aromatic N) is 2. The van der Waals surface area contributed by atoms with Gasteiger partial charge in [-0.15, -0.1) is 0 Å². The first-order valence-corrected chi connectivity index (χ1v) is 7.01. The van der Waals surface area contributed by atoms with Crippen molar-refractivity contribution in [1.29, 1.82) is 0 Å². The van der Waals surface area contributed by atoms with Crippen molar-refractivity contribution in [3.8, 4) is 17.5 Å². The third-order valence-corrected chi connectivity index (χ3v) is 2.83. The molecule has 5 heteroatoms. The molecule has 0 aliphatic rings. The Kier molecular flexibility index (Phi) is 5.51. The van der Waals surface area contributed by atoms with Gasteiger partial charge in [-0.05, 0) is 36.7 Å². The van der Waals surface area contributed by atoms with Gasteiger partial charge < -0.3 is 14.8 Å². The first kappa shape index (κ1) is 15.3. The summed E-state index contributed by atoms with van der Waals surface area (Å²) in [6.45, 7) is 6.09. The lowest BCUT2D eigenvalue weighted by Gasteiger charge is -2.08. The van der Waals surface area contributed by atoms with Crippen molar-refractivity contribution in [3.05, 3.63) is 42.2 Å². The zero-order valence-corrected chi connectivity index (χ0v) is 12.7. The van der Waals surface area contributed by atoms with Crippen molar-refractivity contribution in [3.63, 3.8) is 0 Å². The van der Waals surface area contributed by atoms with E-state index >= 15 is 0 Å². The molecule has 2 rings (SSSR count). The second-order valence-corrected chi connectivity index (χ2v) is 5.18. The van der Waals surface area contributed by atoms with E-state index in [0.717, 1.165) is 24.4 Å². The number of ether oxygens (including phenoxy) is 2. The fourth-order valence-corrected chi connectivity index (χ4v) is 1.74. The predicted molar refractivity (Wildman–Crippen MR) is 81.6 cm³/mol. The van der Waals surface area contributed by atoms with E-state index in [2.05, 4.69) is 29.1 Å². The average Bonchev–Trinajstić information content (AvgIpc) is 2.49. The van der Waals surface area contributed by atoms with Gasteiger partial charge in [-0.3, -0.25) is 0 Å². The molecule has 0 amide bonds. The Morgan fingerprint density at radius 3 is 2.24 bits per heavy atom. The Morgan fingerprint density at radius 2 is 1.67 bits per heavy atom. The largest absolute Gasteiger partial charge is 0.497 e. The summed E-state index contributed by atoms with van der Waals surface area (Å²) in [6.07, 6.45) is 3.55. The van der Waals surface area contributed by atoms with Crippen molar-refractivity contribution in [2.45, 2.75) is 20.4 Å². The highest BCUT2D eigenvalue weighted by Crippen LogP contribution is 2.20. The number of aromatic nitrogens is 2. The second kappa shape index (κ2) is 7.59. The van der Waals surface area contributed by atoms with Crippen LogP contribution in [0.2, 0.25) is 0 Å². The number of methoxy groups -OCH3 is 1. The van der Waals surface area contributed by atoms with Crippen molar-refractivity contribution in [2.75, 3.05) is 13.7 Å². The van der Waals surface area contributed by atoms with Gasteiger partial charge in [0.1, 0.15) is 11.5 Å². The van der Waals surface area contributed by atoms with Crippen LogP contribution >= 0.6 is 0 Å². The van der Waals surface area contributed by atoms with Gasteiger partial charge in [-0.25, -0.2) is 9.97 Å². The third kappa shape index (κ3) is 5.04. The lowest BCUT2D eigenvalue weighted by Crippen LogP contribution is -2.19. The highest BCUT2D eigenvalue weighted by atomic mass is 16.5. The van der Waals surface area contributed by atoms with Gasteiger partial charge in [-0.1, -0.05) is 13.8 Å². The number of rotatable bonds is 7. The van der Waals surface area contributed by atoms with Gasteiger partial charge in [0, 0.05) is 24.5 Å². The summed E-state index contributed by atoms with van der Waals surface area (Å²) < 4.78 is 10.7. The van der Waals surface area contributed by atoms with Crippen LogP contribution in [0.15, 0.2) is 36.7 Å². The molecule has 0 fully saturated rings. The van der Waals surface area contributed by atoms with Gasteiger partial charge >= 0.3 is 6.01 Å². The summed E-state index contributed by atoms with van der Waals surface area (Å²) in [5.41, 5.74) is 1.04. The van der Waals surface area contributed by atoms with Crippen LogP contribution in [0, 0.1) is 5.92 Å². The molecule has 0 atom stereocenters. The maximum atomic E-state index is 5.58. The van der Waals surface area contributed by atoms with E-state index in [1.165, 1.54) is 0 Å². The van der Waals surface area contributed by atoms with E-state index in [9.17, 15) is 0 Å². The molecule has 0 saturated heterocycles. The zero-order chi connectivity index (χ0) is 15.1. The van der Waals surface area contributed by atoms with E-state index in [-0.39, 0.29) is 0 Å². The number of benzene rings is 1. The SMILES string of the molecule is COc1ccc(Oc2ncc(CNCC(C)C)cn2)cc1. The molecule has 21 heavy (non-hydrogen) atoms. The van der Waals surface area contributed by atoms with Crippen molar-refractivity contribution in [2.24, 2.45) is 5.92 Å². The summed E-state index contributed by atoms with van der Waals surface area (Å²) in [7, 11) is 1.63. The summed E-state index contributed by atoms with van der Waals surface area (Å²) >= 11 is 0. The molecule has 112 valence electrons. The predicted octanol–water partition coefficient (Wildman–Crippen LogP) is 3.02. The van der Waals surface area contributed by atoms with Gasteiger partial charge in [0.05, 0.1) is 7.11 Å². The molecule has 0 saturated carbocycles. The lowest BCUT2D eigenvalue weighted by molar-refractivity contribution is 0.410. The van der Waals surface area contributed by atoms with Crippen LogP contribution in [0.3, 0.4) is 0 Å². The van der Waals surface area contributed by atoms with Gasteiger partial charge in [0.25, 0.3) is 0 Å². The zero-order valence-electron chi connectivity index (χ0n) is 12.7. The standard InChI is InChI=1S/C16H21N3O2/c1-12(2)8-17-9-13-10-18-16(19-11-13)21-15-6-4-14(20-3)5-7-15/h4-7,10-12,17H,8-9H2,1-3H3. The molecule has 0 aliphatic heterocycles. The molecule has 1 heterocycles. The minimum Gasteiger partial charge on any atom is -0.497 e. The van der Waals surface area contributed by atoms with Crippen LogP contribution in [0.4, 0.5) is 0 Å². The number of hydrogen-bond donors (Lipinski definition) is 1. The molecule has 1 aromatic carbocycles. The highest BCUT2D eigenvalue weighted by Gasteiger charge is 2.02. The Labute approximate surface area is 125 Å². The van der Waals surface area contributed by atoms with Crippen LogP contribution in [0.5, 0.6) is 17.5 Å². The summed E-state index contributed by atoms with van der Waals surface area (Å²) in [6, 6.07) is 7.65. The quantitative estimate of drug-likeness (QED) is 0.848. The minimum absolute atomic E-state index is 0.341. The molecule has 0 unspecified atom stereocenters. The van der Waals surface area contributed by atoms with Gasteiger partial charge in [0.15, 0.2) is 0 Å². The monoisotopic (exact) mass is 287 g/mol. The molecule has 0 radical (unpaired) electrons. The summed E-state index contributed by atoms with van der Waals surface area (Å²) in [4.78, 5) is 8.42. The van der Waals surface area contributed by atoms with Crippen LogP contribution in [0.1, 0.15) is 19.4 Å². The van der Waals surface area contributed by atoms with Crippen molar-refractivity contribution in [1.82, 2.24) is 15.3 Å². The summed E-state index contributed by atoms with van der Waals surface area (Å²) in [5.74, 6) is 2.10. The van der Waals surface area contributed by atoms with Gasteiger partial charge in [-0.2, -0.15) is 0 Å². The van der Waals surface area contributed by atoms with Crippen LogP contribution in [-0.4, -0.2) is 23.6 Å². The molecule has 1 aromatic heterocycles. The van der Waals surface area contributed by atoms with Crippen molar-refractivity contribution >= 4 is 0 Å². The lowest BCUT2D eigenvalue weighted by atomic mass is 10.2. The molecule has 0 bridgehead atoms. The molecule has 1 N–H and O–H groups in total. The van der Waals surface area contributed by atoms with Crippen molar-refractivity contribution < 1.29 is 9.47 Å². The minimum atomic E-state index is 0.341. The van der Waals surface area contributed by atoms with Gasteiger partial charge in [0.2, 0.25) is 0 Å². The van der Waals surface area contributed by atoms with E-state index in [0.29, 0.717) is 17.7 Å². The Bertz CT molecular complexity index is 538. The fraction of sp³-hybridized carbons (Fsp3) is 0.375. The molecule has 5 nitrogen and oxygen atoms in total. The molecule has 2 aromatic rings. The first-order valence-electron chi connectivity index (χ1n) is 7.01. The highest BCUT2D eigenvalue weighted by molar-refractivity contribution is 5.32. The first-order chi connectivity index (χ1) is 10.2. The Balaban J connectivity index is 1.89. The van der Waals surface area contributed by atoms with E-state index in [1.807, 2.05) is 24.3 Å². The number of hydrogen-bond acceptors (Lipinski definition) is 5. The van der Waals surface area contributed by atoms with Crippen LogP contribution in [-0.2, 0) is 6.54 Å². The molecular formula is C16H21N3O2. The molecule has 0 spiro atoms. The molecule has 0 aliphatic carbocycles. The second-order valence-electron chi connectivity index (χ2n) is 5.18. The normalized spacial score (nSPS) is 10.7. The van der Waals surface area contributed by atoms with Crippen LogP contribution in [0.25, 0.3) is 0 Å².